The third-order valence-electron chi connectivity index (χ3n) is 3.30. The molecule has 22 heavy (non-hydrogen) atoms. The lowest BCUT2D eigenvalue weighted by atomic mass is 10.1. The topological polar surface area (TPSA) is 72.7 Å². The van der Waals surface area contributed by atoms with Crippen molar-refractivity contribution in [2.24, 2.45) is 0 Å². The second-order valence-electron chi connectivity index (χ2n) is 4.72. The summed E-state index contributed by atoms with van der Waals surface area (Å²) in [5.74, 6) is 0.359. The molecular formula is C16H15N5O. The van der Waals surface area contributed by atoms with Crippen LogP contribution in [0.1, 0.15) is 23.0 Å². The van der Waals surface area contributed by atoms with Crippen molar-refractivity contribution in [2.75, 3.05) is 5.32 Å². The Morgan fingerprint density at radius 2 is 1.86 bits per heavy atom. The molecule has 2 heterocycles. The summed E-state index contributed by atoms with van der Waals surface area (Å²) in [6.07, 6.45) is 3.93. The number of hydrogen-bond acceptors (Lipinski definition) is 4. The van der Waals surface area contributed by atoms with Gasteiger partial charge in [0.15, 0.2) is 0 Å². The minimum absolute atomic E-state index is 0.240. The Kier molecular flexibility index (Phi) is 3.91. The molecule has 6 heteroatoms. The Hall–Kier alpha value is -3.02. The number of nitrogens with one attached hydrogen (secondary N) is 1. The zero-order valence-electron chi connectivity index (χ0n) is 12.1. The summed E-state index contributed by atoms with van der Waals surface area (Å²) in [5, 5.41) is 10.4. The average molecular weight is 293 g/mol. The van der Waals surface area contributed by atoms with Gasteiger partial charge in [-0.05, 0) is 30.2 Å². The summed E-state index contributed by atoms with van der Waals surface area (Å²) in [7, 11) is 0. The number of nitrogens with zero attached hydrogens (tertiary/aromatic N) is 4. The van der Waals surface area contributed by atoms with Gasteiger partial charge in [0.2, 0.25) is 0 Å². The van der Waals surface area contributed by atoms with Gasteiger partial charge in [0.25, 0.3) is 5.91 Å². The maximum atomic E-state index is 12.4. The Morgan fingerprint density at radius 3 is 2.64 bits per heavy atom. The smallest absolute Gasteiger partial charge is 0.274 e. The first kappa shape index (κ1) is 13.9. The van der Waals surface area contributed by atoms with E-state index in [-0.39, 0.29) is 5.91 Å². The number of pyridine rings is 1. The fourth-order valence-corrected chi connectivity index (χ4v) is 2.15. The summed E-state index contributed by atoms with van der Waals surface area (Å²) >= 11 is 0. The molecule has 1 amide bonds. The number of aromatic nitrogens is 4. The third kappa shape index (κ3) is 2.85. The zero-order chi connectivity index (χ0) is 15.4. The Morgan fingerprint density at radius 1 is 1.09 bits per heavy atom. The quantitative estimate of drug-likeness (QED) is 0.802. The highest BCUT2D eigenvalue weighted by molar-refractivity contribution is 6.03. The molecule has 0 unspecified atom stereocenters. The molecule has 0 aliphatic rings. The molecule has 0 saturated carbocycles. The summed E-state index contributed by atoms with van der Waals surface area (Å²) in [5.41, 5.74) is 2.24. The molecule has 6 nitrogen and oxygen atoms in total. The van der Waals surface area contributed by atoms with Gasteiger partial charge in [0.05, 0.1) is 0 Å². The second kappa shape index (κ2) is 6.17. The minimum atomic E-state index is -0.240. The van der Waals surface area contributed by atoms with E-state index < -0.39 is 0 Å². The second-order valence-corrected chi connectivity index (χ2v) is 4.72. The van der Waals surface area contributed by atoms with Crippen molar-refractivity contribution >= 4 is 11.6 Å². The molecule has 1 aromatic carbocycles. The van der Waals surface area contributed by atoms with Crippen LogP contribution in [0.5, 0.6) is 0 Å². The number of hydrogen-bond donors (Lipinski definition) is 1. The number of benzene rings is 1. The van der Waals surface area contributed by atoms with Gasteiger partial charge in [-0.3, -0.25) is 9.36 Å². The number of para-hydroxylation sites is 1. The predicted octanol–water partition coefficient (Wildman–Crippen LogP) is 2.48. The highest BCUT2D eigenvalue weighted by Gasteiger charge is 2.11. The average Bonchev–Trinajstić information content (AvgIpc) is 3.10. The number of aryl methyl sites for hydroxylation is 1. The molecule has 0 spiro atoms. The monoisotopic (exact) mass is 293 g/mol. The van der Waals surface area contributed by atoms with Crippen LogP contribution in [0.15, 0.2) is 55.1 Å². The van der Waals surface area contributed by atoms with Crippen LogP contribution >= 0.6 is 0 Å². The van der Waals surface area contributed by atoms with Crippen molar-refractivity contribution < 1.29 is 4.79 Å². The van der Waals surface area contributed by atoms with E-state index in [1.807, 2.05) is 24.3 Å². The fourth-order valence-electron chi connectivity index (χ4n) is 2.15. The molecule has 2 aromatic heterocycles. The van der Waals surface area contributed by atoms with E-state index in [1.165, 1.54) is 12.7 Å². The number of carbonyl (C=O) groups excluding carboxylic acids is 1. The van der Waals surface area contributed by atoms with Crippen LogP contribution in [0.4, 0.5) is 5.69 Å². The molecule has 0 aliphatic carbocycles. The Bertz CT molecular complexity index is 783. The standard InChI is InChI=1S/C16H15N5O/c1-2-12-6-3-4-7-13(12)20-16(22)14-8-5-9-15(19-14)21-10-17-18-11-21/h3-11H,2H2,1H3,(H,20,22). The first-order valence-corrected chi connectivity index (χ1v) is 6.99. The fraction of sp³-hybridized carbons (Fsp3) is 0.125. The van der Waals surface area contributed by atoms with Crippen molar-refractivity contribution in [2.45, 2.75) is 13.3 Å². The normalized spacial score (nSPS) is 10.4. The van der Waals surface area contributed by atoms with Crippen molar-refractivity contribution in [3.8, 4) is 5.82 Å². The number of amides is 1. The van der Waals surface area contributed by atoms with Crippen molar-refractivity contribution in [3.05, 3.63) is 66.4 Å². The summed E-state index contributed by atoms with van der Waals surface area (Å²) < 4.78 is 1.65. The van der Waals surface area contributed by atoms with Crippen LogP contribution in [-0.2, 0) is 6.42 Å². The van der Waals surface area contributed by atoms with Crippen LogP contribution in [0, 0.1) is 0 Å². The molecular weight excluding hydrogens is 278 g/mol. The lowest BCUT2D eigenvalue weighted by Crippen LogP contribution is -2.15. The van der Waals surface area contributed by atoms with Crippen LogP contribution < -0.4 is 5.32 Å². The molecule has 1 N–H and O–H groups in total. The van der Waals surface area contributed by atoms with E-state index in [1.54, 1.807) is 22.8 Å². The Balaban J connectivity index is 1.85. The molecule has 0 bridgehead atoms. The van der Waals surface area contributed by atoms with Gasteiger partial charge in [-0.1, -0.05) is 31.2 Å². The molecule has 0 aliphatic heterocycles. The largest absolute Gasteiger partial charge is 0.320 e. The summed E-state index contributed by atoms with van der Waals surface area (Å²) in [4.78, 5) is 16.7. The first-order valence-electron chi connectivity index (χ1n) is 6.99. The molecule has 3 aromatic rings. The highest BCUT2D eigenvalue weighted by atomic mass is 16.1. The van der Waals surface area contributed by atoms with Crippen LogP contribution in [0.2, 0.25) is 0 Å². The van der Waals surface area contributed by atoms with E-state index in [0.717, 1.165) is 17.7 Å². The van der Waals surface area contributed by atoms with E-state index in [2.05, 4.69) is 27.4 Å². The maximum absolute atomic E-state index is 12.4. The van der Waals surface area contributed by atoms with Gasteiger partial charge >= 0.3 is 0 Å². The van der Waals surface area contributed by atoms with Gasteiger partial charge in [0, 0.05) is 5.69 Å². The molecule has 110 valence electrons. The van der Waals surface area contributed by atoms with E-state index in [9.17, 15) is 4.79 Å². The van der Waals surface area contributed by atoms with Crippen LogP contribution in [0.25, 0.3) is 5.82 Å². The van der Waals surface area contributed by atoms with Gasteiger partial charge in [-0.15, -0.1) is 10.2 Å². The van der Waals surface area contributed by atoms with Crippen LogP contribution in [-0.4, -0.2) is 25.7 Å². The molecule has 3 rings (SSSR count). The van der Waals surface area contributed by atoms with Gasteiger partial charge in [-0.2, -0.15) is 0 Å². The third-order valence-corrected chi connectivity index (χ3v) is 3.30. The SMILES string of the molecule is CCc1ccccc1NC(=O)c1cccc(-n2cnnc2)n1. The molecule has 0 fully saturated rings. The molecule has 0 saturated heterocycles. The lowest BCUT2D eigenvalue weighted by molar-refractivity contribution is 0.102. The predicted molar refractivity (Wildman–Crippen MR) is 82.9 cm³/mol. The zero-order valence-corrected chi connectivity index (χ0v) is 12.1. The molecule has 0 radical (unpaired) electrons. The van der Waals surface area contributed by atoms with Crippen molar-refractivity contribution in [3.63, 3.8) is 0 Å². The van der Waals surface area contributed by atoms with E-state index in [0.29, 0.717) is 11.5 Å². The minimum Gasteiger partial charge on any atom is -0.320 e. The highest BCUT2D eigenvalue weighted by Crippen LogP contribution is 2.16. The van der Waals surface area contributed by atoms with Gasteiger partial charge in [0.1, 0.15) is 24.2 Å². The van der Waals surface area contributed by atoms with Gasteiger partial charge < -0.3 is 5.32 Å². The molecule has 0 atom stereocenters. The first-order chi connectivity index (χ1) is 10.8. The number of anilines is 1. The van der Waals surface area contributed by atoms with E-state index >= 15 is 0 Å². The maximum Gasteiger partial charge on any atom is 0.274 e. The Labute approximate surface area is 127 Å². The number of rotatable bonds is 4. The van der Waals surface area contributed by atoms with Crippen molar-refractivity contribution in [1.29, 1.82) is 0 Å². The lowest BCUT2D eigenvalue weighted by Gasteiger charge is -2.10. The van der Waals surface area contributed by atoms with E-state index in [4.69, 9.17) is 0 Å². The summed E-state index contributed by atoms with van der Waals surface area (Å²) in [6, 6.07) is 13.0. The number of carbonyl (C=O) groups is 1. The van der Waals surface area contributed by atoms with Gasteiger partial charge in [-0.25, -0.2) is 4.98 Å². The van der Waals surface area contributed by atoms with Crippen molar-refractivity contribution in [1.82, 2.24) is 19.7 Å². The summed E-state index contributed by atoms with van der Waals surface area (Å²) in [6.45, 7) is 2.05. The van der Waals surface area contributed by atoms with Crippen LogP contribution in [0.3, 0.4) is 0 Å².